The maximum Gasteiger partial charge on any atom is 0.258 e. The number of allylic oxidation sites excluding steroid dienone is 1. The van der Waals surface area contributed by atoms with Gasteiger partial charge < -0.3 is 49.4 Å². The highest BCUT2D eigenvalue weighted by molar-refractivity contribution is 6.14. The maximum absolute atomic E-state index is 15.0. The van der Waals surface area contributed by atoms with Crippen LogP contribution < -0.4 is 29.9 Å². The minimum atomic E-state index is -1.20. The predicted octanol–water partition coefficient (Wildman–Crippen LogP) is 10.2. The Labute approximate surface area is 484 Å². The molecule has 16 heteroatoms. The van der Waals surface area contributed by atoms with E-state index >= 15 is 4.79 Å². The number of nitrogens with one attached hydrogen (secondary N) is 2. The van der Waals surface area contributed by atoms with Gasteiger partial charge >= 0.3 is 0 Å². The van der Waals surface area contributed by atoms with Crippen molar-refractivity contribution in [1.82, 2.24) is 15.5 Å². The molecule has 0 spiro atoms. The highest BCUT2D eigenvalue weighted by Gasteiger charge is 2.43. The zero-order valence-corrected chi connectivity index (χ0v) is 47.7. The number of benzene rings is 7. The molecule has 1 aliphatic rings. The predicted molar refractivity (Wildman–Crippen MR) is 321 cm³/mol. The first-order valence-electron chi connectivity index (χ1n) is 27.9. The van der Waals surface area contributed by atoms with Crippen LogP contribution in [0.5, 0.6) is 17.2 Å². The Morgan fingerprint density at radius 2 is 1.41 bits per heavy atom. The number of anilines is 2. The van der Waals surface area contributed by atoms with Gasteiger partial charge in [0, 0.05) is 36.2 Å². The van der Waals surface area contributed by atoms with Gasteiger partial charge in [-0.25, -0.2) is 0 Å². The van der Waals surface area contributed by atoms with Crippen molar-refractivity contribution in [2.45, 2.75) is 59.2 Å². The first-order valence-corrected chi connectivity index (χ1v) is 27.9. The fourth-order valence-corrected chi connectivity index (χ4v) is 10.0. The molecule has 3 N–H and O–H groups in total. The molecule has 0 bridgehead atoms. The number of aromatic hydroxyl groups is 1. The first-order chi connectivity index (χ1) is 40.2. The van der Waals surface area contributed by atoms with Crippen LogP contribution in [0.15, 0.2) is 158 Å². The van der Waals surface area contributed by atoms with E-state index in [4.69, 9.17) is 18.9 Å². The topological polar surface area (TPSA) is 200 Å². The van der Waals surface area contributed by atoms with E-state index in [-0.39, 0.29) is 80.4 Å². The molecule has 83 heavy (non-hydrogen) atoms. The van der Waals surface area contributed by atoms with Crippen LogP contribution in [0.4, 0.5) is 11.4 Å². The molecule has 0 aromatic heterocycles. The third-order valence-corrected chi connectivity index (χ3v) is 14.9. The van der Waals surface area contributed by atoms with Gasteiger partial charge in [0.25, 0.3) is 17.7 Å². The number of rotatable bonds is 24. The van der Waals surface area contributed by atoms with E-state index in [2.05, 4.69) is 35.8 Å². The van der Waals surface area contributed by atoms with Gasteiger partial charge in [-0.1, -0.05) is 106 Å². The highest BCUT2D eigenvalue weighted by atomic mass is 16.5. The molecule has 8 rings (SSSR count). The van der Waals surface area contributed by atoms with Crippen molar-refractivity contribution in [2.75, 3.05) is 70.1 Å². The van der Waals surface area contributed by atoms with E-state index in [0.717, 1.165) is 45.0 Å². The average Bonchev–Trinajstić information content (AvgIpc) is 3.93. The Hall–Kier alpha value is -9.30. The zero-order valence-electron chi connectivity index (χ0n) is 47.7. The fourth-order valence-electron chi connectivity index (χ4n) is 10.0. The molecule has 0 radical (unpaired) electrons. The molecule has 428 valence electrons. The van der Waals surface area contributed by atoms with E-state index in [1.807, 2.05) is 97.9 Å². The number of hydrogen-bond acceptors (Lipinski definition) is 11. The number of carbonyl (C=O) groups is 5. The Balaban J connectivity index is 0.820. The minimum absolute atomic E-state index is 0.0195. The largest absolute Gasteiger partial charge is 0.508 e. The summed E-state index contributed by atoms with van der Waals surface area (Å²) in [6, 6.07) is 47.8. The number of likely N-dealkylation sites (N-methyl/N-ethyl adjacent to an activating group) is 1. The summed E-state index contributed by atoms with van der Waals surface area (Å²) < 4.78 is 23.1. The molecule has 0 saturated heterocycles. The number of hydrogen-bond donors (Lipinski definition) is 3. The summed E-state index contributed by atoms with van der Waals surface area (Å²) in [6.45, 7) is 8.66. The second-order valence-electron chi connectivity index (χ2n) is 20.2. The van der Waals surface area contributed by atoms with Crippen molar-refractivity contribution >= 4 is 62.8 Å². The van der Waals surface area contributed by atoms with Crippen molar-refractivity contribution in [3.05, 3.63) is 197 Å². The molecular formula is C67H70N6O10. The van der Waals surface area contributed by atoms with Crippen molar-refractivity contribution in [1.29, 1.82) is 5.26 Å². The number of ether oxygens (including phenoxy) is 4. The van der Waals surface area contributed by atoms with Gasteiger partial charge in [-0.3, -0.25) is 24.0 Å². The van der Waals surface area contributed by atoms with Gasteiger partial charge in [-0.2, -0.15) is 5.26 Å². The number of amides is 5. The van der Waals surface area contributed by atoms with Gasteiger partial charge in [-0.15, -0.1) is 0 Å². The summed E-state index contributed by atoms with van der Waals surface area (Å²) >= 11 is 0. The van der Waals surface area contributed by atoms with E-state index in [1.165, 1.54) is 34.7 Å². The summed E-state index contributed by atoms with van der Waals surface area (Å²) in [5.41, 5.74) is 7.49. The summed E-state index contributed by atoms with van der Waals surface area (Å²) in [5, 5.41) is 27.7. The van der Waals surface area contributed by atoms with Crippen molar-refractivity contribution < 1.29 is 48.0 Å². The number of carbonyl (C=O) groups excluding carboxylic acids is 5. The molecule has 16 nitrogen and oxygen atoms in total. The standard InChI is InChI=1S/C67H70N6O10/c1-7-44(3)64(76)70-63-45(4)73(59-40-46(41-68)18-32-58(59)72(67(63)79)42-57-56-17-13-12-16-48(56)27-33-60(57)80-6)66(78)52-21-19-51(20-22-52)65(77)69-34-36-81-38-39-82-43-61(75)71(5)35-37-83-54-30-25-50(26-31-54)62(49-23-28-53(74)29-24-49)55(8-2)47-14-10-9-11-15-47/h9-33,40,44-45,63,74H,7-8,34-39,42-43H2,1-6H3,(H,69,77)(H,70,76)/t44-,45+,63-/m0/s1. The summed E-state index contributed by atoms with van der Waals surface area (Å²) in [4.78, 5) is 74.2. The van der Waals surface area contributed by atoms with Crippen LogP contribution in [0.3, 0.4) is 0 Å². The van der Waals surface area contributed by atoms with Crippen LogP contribution in [0, 0.1) is 17.2 Å². The molecule has 0 saturated carbocycles. The van der Waals surface area contributed by atoms with Crippen molar-refractivity contribution in [3.8, 4) is 23.3 Å². The summed E-state index contributed by atoms with van der Waals surface area (Å²) in [5.74, 6) is -0.939. The van der Waals surface area contributed by atoms with E-state index in [9.17, 15) is 29.5 Å². The average molecular weight is 1120 g/mol. The van der Waals surface area contributed by atoms with E-state index < -0.39 is 35.7 Å². The Morgan fingerprint density at radius 3 is 2.10 bits per heavy atom. The summed E-state index contributed by atoms with van der Waals surface area (Å²) in [6.07, 6.45) is 1.33. The normalized spacial score (nSPS) is 14.6. The Bertz CT molecular complexity index is 3490. The third kappa shape index (κ3) is 14.4. The molecule has 3 atom stereocenters. The van der Waals surface area contributed by atoms with Crippen LogP contribution in [0.1, 0.15) is 89.1 Å². The van der Waals surface area contributed by atoms with Crippen LogP contribution in [-0.4, -0.2) is 112 Å². The van der Waals surface area contributed by atoms with Crippen molar-refractivity contribution in [2.24, 2.45) is 5.92 Å². The first kappa shape index (κ1) is 59.8. The zero-order chi connectivity index (χ0) is 59.0. The van der Waals surface area contributed by atoms with E-state index in [1.54, 1.807) is 68.1 Å². The molecule has 0 aliphatic carbocycles. The lowest BCUT2D eigenvalue weighted by Gasteiger charge is -2.33. The second kappa shape index (κ2) is 28.4. The van der Waals surface area contributed by atoms with Crippen molar-refractivity contribution in [3.63, 3.8) is 0 Å². The number of phenolic OH excluding ortho intramolecular Hbond substituents is 1. The molecule has 1 heterocycles. The molecule has 5 amide bonds. The SMILES string of the molecule is CCC(=C(c1ccc(O)cc1)c1ccc(OCCN(C)C(=O)COCCOCCNC(=O)c2ccc(C(=O)N3c4cc(C#N)ccc4N(Cc4c(OC)ccc5ccccc45)C(=O)[C@@H](NC(=O)[C@@H](C)CC)[C@H]3C)cc2)cc1)c1ccccc1. The highest BCUT2D eigenvalue weighted by Crippen LogP contribution is 2.41. The van der Waals surface area contributed by atoms with Crippen LogP contribution >= 0.6 is 0 Å². The Kier molecular flexibility index (Phi) is 20.5. The molecule has 7 aromatic carbocycles. The molecule has 0 fully saturated rings. The van der Waals surface area contributed by atoms with Crippen LogP contribution in [-0.2, 0) is 30.4 Å². The number of fused-ring (bicyclic) bond motifs is 2. The molecular weight excluding hydrogens is 1050 g/mol. The maximum atomic E-state index is 15.0. The van der Waals surface area contributed by atoms with Gasteiger partial charge in [0.1, 0.15) is 36.5 Å². The van der Waals surface area contributed by atoms with Gasteiger partial charge in [-0.05, 0) is 131 Å². The number of nitrogens with zero attached hydrogens (tertiary/aromatic N) is 4. The molecule has 1 aliphatic heterocycles. The minimum Gasteiger partial charge on any atom is -0.508 e. The quantitative estimate of drug-likeness (QED) is 0.0384. The summed E-state index contributed by atoms with van der Waals surface area (Å²) in [7, 11) is 3.24. The Morgan fingerprint density at radius 1 is 0.747 bits per heavy atom. The monoisotopic (exact) mass is 1120 g/mol. The number of nitriles is 1. The number of methoxy groups -OCH3 is 1. The lowest BCUT2D eigenvalue weighted by Crippen LogP contribution is -2.58. The van der Waals surface area contributed by atoms with Gasteiger partial charge in [0.2, 0.25) is 11.8 Å². The molecule has 7 aromatic rings. The second-order valence-corrected chi connectivity index (χ2v) is 20.2. The van der Waals surface area contributed by atoms with Gasteiger partial charge in [0.05, 0.1) is 69.1 Å². The third-order valence-electron chi connectivity index (χ3n) is 14.9. The van der Waals surface area contributed by atoms with Crippen LogP contribution in [0.25, 0.3) is 21.9 Å². The molecule has 0 unspecified atom stereocenters. The number of phenols is 1. The smallest absolute Gasteiger partial charge is 0.258 e. The fraction of sp³-hybridized carbons (Fsp3) is 0.284. The lowest BCUT2D eigenvalue weighted by atomic mass is 9.88. The lowest BCUT2D eigenvalue weighted by molar-refractivity contribution is -0.135. The van der Waals surface area contributed by atoms with Gasteiger partial charge in [0.15, 0.2) is 0 Å². The van der Waals surface area contributed by atoms with Crippen LogP contribution in [0.2, 0.25) is 0 Å². The van der Waals surface area contributed by atoms with E-state index in [0.29, 0.717) is 35.8 Å².